The second kappa shape index (κ2) is 8.15. The number of amides is 1. The van der Waals surface area contributed by atoms with Crippen LogP contribution in [0, 0.1) is 0 Å². The Balaban J connectivity index is 1.14. The highest BCUT2D eigenvalue weighted by molar-refractivity contribution is 6.04. The molecule has 1 aliphatic carbocycles. The van der Waals surface area contributed by atoms with Crippen molar-refractivity contribution in [2.75, 3.05) is 11.9 Å². The van der Waals surface area contributed by atoms with E-state index in [1.807, 2.05) is 47.4 Å². The summed E-state index contributed by atoms with van der Waals surface area (Å²) < 4.78 is 2.04. The molecule has 0 spiro atoms. The Morgan fingerprint density at radius 3 is 2.73 bits per heavy atom. The Hall–Kier alpha value is -3.45. The van der Waals surface area contributed by atoms with E-state index in [2.05, 4.69) is 44.5 Å². The molecule has 1 atom stereocenters. The van der Waals surface area contributed by atoms with E-state index in [0.29, 0.717) is 23.5 Å². The third kappa shape index (κ3) is 4.16. The zero-order valence-electron chi connectivity index (χ0n) is 18.8. The summed E-state index contributed by atoms with van der Waals surface area (Å²) in [6, 6.07) is 12.9. The lowest BCUT2D eigenvalue weighted by molar-refractivity contribution is 0.102. The normalized spacial score (nSPS) is 18.8. The quantitative estimate of drug-likeness (QED) is 0.442. The number of nitrogens with one attached hydrogen (secondary N) is 2. The maximum Gasteiger partial charge on any atom is 0.256 e. The van der Waals surface area contributed by atoms with Crippen LogP contribution in [0.15, 0.2) is 55.0 Å². The molecule has 1 aromatic carbocycles. The largest absolute Gasteiger partial charge is 0.357 e. The molecule has 7 heteroatoms. The number of pyridine rings is 1. The second-order valence-electron chi connectivity index (χ2n) is 9.38. The first-order valence-corrected chi connectivity index (χ1v) is 11.8. The predicted octanol–water partition coefficient (Wildman–Crippen LogP) is 5.00. The fourth-order valence-corrected chi connectivity index (χ4v) is 4.71. The van der Waals surface area contributed by atoms with Crippen LogP contribution in [-0.4, -0.2) is 43.1 Å². The minimum Gasteiger partial charge on any atom is -0.357 e. The van der Waals surface area contributed by atoms with E-state index in [4.69, 9.17) is 0 Å². The number of carbonyl (C=O) groups excluding carboxylic acids is 1. The van der Waals surface area contributed by atoms with Crippen LogP contribution >= 0.6 is 0 Å². The van der Waals surface area contributed by atoms with Crippen molar-refractivity contribution in [1.82, 2.24) is 24.6 Å². The van der Waals surface area contributed by atoms with Crippen molar-refractivity contribution in [2.24, 2.45) is 0 Å². The molecular weight excluding hydrogens is 412 g/mol. The van der Waals surface area contributed by atoms with Gasteiger partial charge in [0.1, 0.15) is 5.82 Å². The summed E-state index contributed by atoms with van der Waals surface area (Å²) in [5, 5.41) is 8.44. The predicted molar refractivity (Wildman–Crippen MR) is 129 cm³/mol. The molecule has 168 valence electrons. The van der Waals surface area contributed by atoms with Crippen molar-refractivity contribution >= 4 is 22.6 Å². The minimum absolute atomic E-state index is 0.167. The van der Waals surface area contributed by atoms with Crippen molar-refractivity contribution in [3.8, 4) is 11.1 Å². The lowest BCUT2D eigenvalue weighted by atomic mass is 10.1. The van der Waals surface area contributed by atoms with Crippen LogP contribution in [0.3, 0.4) is 0 Å². The molecule has 0 unspecified atom stereocenters. The molecule has 1 saturated heterocycles. The topological polar surface area (TPSA) is 78.8 Å². The molecule has 1 aliphatic heterocycles. The summed E-state index contributed by atoms with van der Waals surface area (Å²) in [7, 11) is 0. The summed E-state index contributed by atoms with van der Waals surface area (Å²) >= 11 is 0. The van der Waals surface area contributed by atoms with Gasteiger partial charge in [0, 0.05) is 53.3 Å². The first-order chi connectivity index (χ1) is 16.1. The van der Waals surface area contributed by atoms with E-state index >= 15 is 0 Å². The fraction of sp³-hybridized carbons (Fsp3) is 0.346. The highest BCUT2D eigenvalue weighted by Crippen LogP contribution is 2.35. The van der Waals surface area contributed by atoms with Gasteiger partial charge in [-0.25, -0.2) is 4.98 Å². The number of hydrogen-bond acceptors (Lipinski definition) is 4. The summed E-state index contributed by atoms with van der Waals surface area (Å²) in [4.78, 5) is 23.2. The molecule has 1 saturated carbocycles. The van der Waals surface area contributed by atoms with E-state index in [1.165, 1.54) is 31.4 Å². The average molecular weight is 441 g/mol. The van der Waals surface area contributed by atoms with Gasteiger partial charge in [-0.15, -0.1) is 0 Å². The van der Waals surface area contributed by atoms with Crippen molar-refractivity contribution < 1.29 is 4.79 Å². The van der Waals surface area contributed by atoms with Crippen LogP contribution in [0.2, 0.25) is 0 Å². The third-order valence-corrected chi connectivity index (χ3v) is 6.87. The first kappa shape index (κ1) is 20.2. The fourth-order valence-electron chi connectivity index (χ4n) is 4.71. The Morgan fingerprint density at radius 1 is 1.12 bits per heavy atom. The van der Waals surface area contributed by atoms with Gasteiger partial charge >= 0.3 is 0 Å². The molecule has 2 aliphatic rings. The van der Waals surface area contributed by atoms with Gasteiger partial charge in [-0.2, -0.15) is 5.10 Å². The molecule has 2 N–H and O–H groups in total. The van der Waals surface area contributed by atoms with Crippen LogP contribution in [0.1, 0.15) is 54.7 Å². The van der Waals surface area contributed by atoms with Gasteiger partial charge in [0.25, 0.3) is 5.91 Å². The SMILES string of the molecule is C[C@H]1CCCN1Cc1cc2cnc(NC(=O)c3ccc(-c4cnn(C5CC5)c4)cc3)cc2[nH]1. The van der Waals surface area contributed by atoms with Crippen LogP contribution in [0.25, 0.3) is 22.0 Å². The second-order valence-corrected chi connectivity index (χ2v) is 9.38. The van der Waals surface area contributed by atoms with E-state index < -0.39 is 0 Å². The van der Waals surface area contributed by atoms with Gasteiger partial charge < -0.3 is 10.3 Å². The molecule has 1 amide bonds. The van der Waals surface area contributed by atoms with Crippen molar-refractivity contribution in [2.45, 2.75) is 51.2 Å². The Labute approximate surface area is 192 Å². The molecule has 6 rings (SSSR count). The number of hydrogen-bond donors (Lipinski definition) is 2. The number of H-pyrrole nitrogens is 1. The number of carbonyl (C=O) groups is 1. The van der Waals surface area contributed by atoms with E-state index in [9.17, 15) is 4.79 Å². The number of aromatic amines is 1. The van der Waals surface area contributed by atoms with Crippen molar-refractivity contribution in [3.63, 3.8) is 0 Å². The Bertz CT molecular complexity index is 1300. The Morgan fingerprint density at radius 2 is 1.97 bits per heavy atom. The van der Waals surface area contributed by atoms with Gasteiger partial charge in [-0.1, -0.05) is 12.1 Å². The van der Waals surface area contributed by atoms with Crippen LogP contribution in [0.5, 0.6) is 0 Å². The van der Waals surface area contributed by atoms with E-state index in [1.54, 1.807) is 0 Å². The Kier molecular flexibility index (Phi) is 4.99. The van der Waals surface area contributed by atoms with E-state index in [0.717, 1.165) is 35.1 Å². The van der Waals surface area contributed by atoms with Gasteiger partial charge in [-0.05, 0) is 62.9 Å². The number of anilines is 1. The highest BCUT2D eigenvalue weighted by Gasteiger charge is 2.24. The lowest BCUT2D eigenvalue weighted by Crippen LogP contribution is -2.26. The molecule has 0 radical (unpaired) electrons. The van der Waals surface area contributed by atoms with Gasteiger partial charge in [-0.3, -0.25) is 14.4 Å². The summed E-state index contributed by atoms with van der Waals surface area (Å²) in [5.74, 6) is 0.380. The number of nitrogens with zero attached hydrogens (tertiary/aromatic N) is 4. The van der Waals surface area contributed by atoms with Crippen LogP contribution in [-0.2, 0) is 6.54 Å². The smallest absolute Gasteiger partial charge is 0.256 e. The molecule has 4 heterocycles. The molecule has 4 aromatic rings. The zero-order valence-corrected chi connectivity index (χ0v) is 18.8. The number of rotatable bonds is 6. The minimum atomic E-state index is -0.167. The van der Waals surface area contributed by atoms with Crippen molar-refractivity contribution in [3.05, 3.63) is 66.2 Å². The standard InChI is InChI=1S/C26H28N6O/c1-17-3-2-10-31(17)16-22-11-20-13-27-25(12-24(20)29-22)30-26(33)19-6-4-18(5-7-19)21-14-28-32(15-21)23-8-9-23/h4-7,11-15,17,23,29H,2-3,8-10,16H2,1H3,(H,27,30,33)/t17-/m0/s1. The number of aromatic nitrogens is 4. The molecule has 33 heavy (non-hydrogen) atoms. The number of likely N-dealkylation sites (tertiary alicyclic amines) is 1. The zero-order chi connectivity index (χ0) is 22.4. The van der Waals surface area contributed by atoms with Gasteiger partial charge in [0.05, 0.1) is 17.8 Å². The molecule has 0 bridgehead atoms. The third-order valence-electron chi connectivity index (χ3n) is 6.87. The summed E-state index contributed by atoms with van der Waals surface area (Å²) in [6.07, 6.45) is 10.7. The molecular formula is C26H28N6O. The maximum atomic E-state index is 12.8. The van der Waals surface area contributed by atoms with Crippen LogP contribution in [0.4, 0.5) is 5.82 Å². The monoisotopic (exact) mass is 440 g/mol. The molecule has 2 fully saturated rings. The number of fused-ring (bicyclic) bond motifs is 1. The van der Waals surface area contributed by atoms with Crippen LogP contribution < -0.4 is 5.32 Å². The molecule has 3 aromatic heterocycles. The first-order valence-electron chi connectivity index (χ1n) is 11.8. The van der Waals surface area contributed by atoms with Gasteiger partial charge in [0.2, 0.25) is 0 Å². The van der Waals surface area contributed by atoms with E-state index in [-0.39, 0.29) is 5.91 Å². The average Bonchev–Trinajstić information content (AvgIpc) is 3.22. The van der Waals surface area contributed by atoms with Crippen molar-refractivity contribution in [1.29, 1.82) is 0 Å². The van der Waals surface area contributed by atoms with Gasteiger partial charge in [0.15, 0.2) is 0 Å². The maximum absolute atomic E-state index is 12.8. The lowest BCUT2D eigenvalue weighted by Gasteiger charge is -2.19. The highest BCUT2D eigenvalue weighted by atomic mass is 16.1. The molecule has 7 nitrogen and oxygen atoms in total. The number of benzene rings is 1. The summed E-state index contributed by atoms with van der Waals surface area (Å²) in [6.45, 7) is 4.36. The summed E-state index contributed by atoms with van der Waals surface area (Å²) in [5.41, 5.74) is 4.91.